The van der Waals surface area contributed by atoms with Crippen molar-refractivity contribution in [2.45, 2.75) is 100 Å². The Morgan fingerprint density at radius 2 is 0.525 bits per heavy atom. The lowest BCUT2D eigenvalue weighted by Gasteiger charge is -2.40. The molecule has 0 N–H and O–H groups in total. The van der Waals surface area contributed by atoms with Crippen LogP contribution in [0.5, 0.6) is 0 Å². The summed E-state index contributed by atoms with van der Waals surface area (Å²) >= 11 is 0. The largest absolute Gasteiger partial charge is 0.460 e. The van der Waals surface area contributed by atoms with Gasteiger partial charge in [-0.05, 0) is 34.1 Å². The minimum Gasteiger partial charge on any atom is -0.194 e. The molecule has 0 atom stereocenters. The highest BCUT2D eigenvalue weighted by Gasteiger charge is 2.84. The summed E-state index contributed by atoms with van der Waals surface area (Å²) in [4.78, 5) is 0. The van der Waals surface area contributed by atoms with Crippen molar-refractivity contribution in [2.75, 3.05) is 0 Å². The van der Waals surface area contributed by atoms with Gasteiger partial charge in [-0.1, -0.05) is 41.5 Å². The molecule has 40 heavy (non-hydrogen) atoms. The van der Waals surface area contributed by atoms with Gasteiger partial charge >= 0.3 is 47.9 Å². The van der Waals surface area contributed by atoms with Gasteiger partial charge in [0.25, 0.3) is 0 Å². The van der Waals surface area contributed by atoms with E-state index in [1.54, 1.807) is 0 Å². The Hall–Kier alpha value is -2.04. The van der Waals surface area contributed by atoms with E-state index < -0.39 is 93.1 Å². The number of halogens is 18. The van der Waals surface area contributed by atoms with E-state index in [0.717, 1.165) is 0 Å². The van der Waals surface area contributed by atoms with Crippen LogP contribution in [0.2, 0.25) is 0 Å². The fourth-order valence-corrected chi connectivity index (χ4v) is 3.45. The Labute approximate surface area is 214 Å². The van der Waals surface area contributed by atoms with Gasteiger partial charge in [-0.2, -0.15) is 79.0 Å². The van der Waals surface area contributed by atoms with Gasteiger partial charge in [0.2, 0.25) is 0 Å². The van der Waals surface area contributed by atoms with Crippen LogP contribution in [-0.2, 0) is 22.7 Å². The fraction of sp³-hybridized carbons (Fsp3) is 0.727. The van der Waals surface area contributed by atoms with Crippen molar-refractivity contribution in [2.24, 2.45) is 0 Å². The SMILES string of the molecule is CC(C)(C)c1cc(C(F)(F)C(F)(F)C(F)(F)C(F)(F)F)c(C(C)(C)C)cc1C(F)(F)C(F)(F)C(F)(F)C(F)(F)F. The van der Waals surface area contributed by atoms with E-state index in [1.165, 1.54) is 0 Å². The number of hydrogen-bond acceptors (Lipinski definition) is 0. The fourth-order valence-electron chi connectivity index (χ4n) is 3.45. The lowest BCUT2D eigenvalue weighted by Crippen LogP contribution is -2.60. The topological polar surface area (TPSA) is 0 Å². The minimum atomic E-state index is -7.47. The molecule has 0 aromatic heterocycles. The van der Waals surface area contributed by atoms with Crippen LogP contribution in [0.1, 0.15) is 63.8 Å². The third-order valence-corrected chi connectivity index (χ3v) is 5.74. The maximum absolute atomic E-state index is 15.0. The molecule has 0 aliphatic carbocycles. The second-order valence-corrected chi connectivity index (χ2v) is 10.9. The van der Waals surface area contributed by atoms with Crippen LogP contribution in [0.25, 0.3) is 0 Å². The molecule has 0 heterocycles. The Bertz CT molecular complexity index is 1000. The first-order valence-electron chi connectivity index (χ1n) is 10.6. The van der Waals surface area contributed by atoms with E-state index in [0.29, 0.717) is 41.5 Å². The van der Waals surface area contributed by atoms with Crippen LogP contribution in [0.15, 0.2) is 12.1 Å². The highest BCUT2D eigenvalue weighted by atomic mass is 19.4. The molecule has 0 saturated carbocycles. The van der Waals surface area contributed by atoms with Crippen molar-refractivity contribution in [3.05, 3.63) is 34.4 Å². The summed E-state index contributed by atoms with van der Waals surface area (Å²) in [5, 5.41) is 0. The molecule has 0 aliphatic heterocycles. The zero-order valence-electron chi connectivity index (χ0n) is 21.0. The standard InChI is InChI=1S/C22H20F18/c1-13(2,3)9-7-12(16(25,26)18(29,30)20(33,34)22(38,39)40)10(14(4,5)6)8-11(9)15(23,24)17(27,28)19(31,32)21(35,36)37/h7-8H,1-6H3. The average molecular weight is 626 g/mol. The smallest absolute Gasteiger partial charge is 0.194 e. The molecule has 0 amide bonds. The molecular formula is C22H20F18. The van der Waals surface area contributed by atoms with Crippen molar-refractivity contribution in [3.63, 3.8) is 0 Å². The van der Waals surface area contributed by atoms with Crippen LogP contribution >= 0.6 is 0 Å². The summed E-state index contributed by atoms with van der Waals surface area (Å²) < 4.78 is 247. The van der Waals surface area contributed by atoms with Gasteiger partial charge in [-0.15, -0.1) is 0 Å². The number of alkyl halides is 18. The lowest BCUT2D eigenvalue weighted by atomic mass is 9.73. The summed E-state index contributed by atoms with van der Waals surface area (Å²) in [5.74, 6) is -42.9. The van der Waals surface area contributed by atoms with Gasteiger partial charge in [0.15, 0.2) is 0 Å². The Balaban J connectivity index is 4.39. The molecule has 0 bridgehead atoms. The molecule has 0 saturated heterocycles. The summed E-state index contributed by atoms with van der Waals surface area (Å²) in [5.41, 5.74) is -13.2. The van der Waals surface area contributed by atoms with Crippen molar-refractivity contribution in [1.82, 2.24) is 0 Å². The van der Waals surface area contributed by atoms with Gasteiger partial charge in [0, 0.05) is 11.1 Å². The zero-order chi connectivity index (χ0) is 32.7. The monoisotopic (exact) mass is 626 g/mol. The van der Waals surface area contributed by atoms with E-state index in [1.807, 2.05) is 0 Å². The zero-order valence-corrected chi connectivity index (χ0v) is 21.0. The van der Waals surface area contributed by atoms with Crippen molar-refractivity contribution < 1.29 is 79.0 Å². The molecule has 234 valence electrons. The molecule has 0 unspecified atom stereocenters. The second-order valence-electron chi connectivity index (χ2n) is 10.9. The van der Waals surface area contributed by atoms with E-state index >= 15 is 0 Å². The molecule has 0 radical (unpaired) electrons. The Kier molecular flexibility index (Phi) is 8.30. The van der Waals surface area contributed by atoms with Crippen LogP contribution < -0.4 is 0 Å². The van der Waals surface area contributed by atoms with Gasteiger partial charge in [-0.25, -0.2) is 0 Å². The summed E-state index contributed by atoms with van der Waals surface area (Å²) in [7, 11) is 0. The van der Waals surface area contributed by atoms with Crippen LogP contribution in [0, 0.1) is 0 Å². The van der Waals surface area contributed by atoms with Crippen molar-refractivity contribution >= 4 is 0 Å². The maximum atomic E-state index is 15.0. The summed E-state index contributed by atoms with van der Waals surface area (Å²) in [6.07, 6.45) is -14.6. The minimum absolute atomic E-state index is 0.605. The third-order valence-electron chi connectivity index (χ3n) is 5.74. The van der Waals surface area contributed by atoms with Gasteiger partial charge in [0.1, 0.15) is 0 Å². The quantitative estimate of drug-likeness (QED) is 0.276. The van der Waals surface area contributed by atoms with E-state index in [2.05, 4.69) is 0 Å². The first-order valence-corrected chi connectivity index (χ1v) is 10.6. The molecule has 1 aromatic carbocycles. The average Bonchev–Trinajstić information content (AvgIpc) is 2.69. The highest BCUT2D eigenvalue weighted by Crippen LogP contribution is 2.61. The lowest BCUT2D eigenvalue weighted by molar-refractivity contribution is -0.400. The third kappa shape index (κ3) is 5.20. The molecular weight excluding hydrogens is 606 g/mol. The van der Waals surface area contributed by atoms with Crippen molar-refractivity contribution in [1.29, 1.82) is 0 Å². The Morgan fingerprint density at radius 3 is 0.675 bits per heavy atom. The first-order chi connectivity index (χ1) is 17.0. The number of benzene rings is 1. The van der Waals surface area contributed by atoms with E-state index in [4.69, 9.17) is 0 Å². The molecule has 0 spiro atoms. The second kappa shape index (κ2) is 9.23. The van der Waals surface area contributed by atoms with Crippen LogP contribution in [0.4, 0.5) is 79.0 Å². The van der Waals surface area contributed by atoms with Crippen LogP contribution in [0.3, 0.4) is 0 Å². The molecule has 1 rings (SSSR count). The van der Waals surface area contributed by atoms with Gasteiger partial charge < -0.3 is 0 Å². The molecule has 0 nitrogen and oxygen atoms in total. The molecule has 0 aliphatic rings. The van der Waals surface area contributed by atoms with Crippen molar-refractivity contribution in [3.8, 4) is 0 Å². The normalized spacial score (nSPS) is 16.0. The van der Waals surface area contributed by atoms with Gasteiger partial charge in [-0.3, -0.25) is 0 Å². The predicted molar refractivity (Wildman–Crippen MR) is 104 cm³/mol. The highest BCUT2D eigenvalue weighted by molar-refractivity contribution is 5.50. The number of rotatable bonds is 6. The maximum Gasteiger partial charge on any atom is 0.460 e. The van der Waals surface area contributed by atoms with Gasteiger partial charge in [0.05, 0.1) is 0 Å². The van der Waals surface area contributed by atoms with E-state index in [-0.39, 0.29) is 0 Å². The van der Waals surface area contributed by atoms with Crippen LogP contribution in [-0.4, -0.2) is 36.0 Å². The summed E-state index contributed by atoms with van der Waals surface area (Å²) in [6.45, 7) is 4.02. The number of hydrogen-bond donors (Lipinski definition) is 0. The molecule has 0 fully saturated rings. The molecule has 18 heteroatoms. The van der Waals surface area contributed by atoms with E-state index in [9.17, 15) is 79.0 Å². The molecule has 1 aromatic rings. The predicted octanol–water partition coefficient (Wildman–Crippen LogP) is 10.1. The Morgan fingerprint density at radius 1 is 0.325 bits per heavy atom. The first kappa shape index (κ1) is 36.0. The summed E-state index contributed by atoms with van der Waals surface area (Å²) in [6, 6.07) is -1.21.